The highest BCUT2D eigenvalue weighted by molar-refractivity contribution is 9.09. The monoisotopic (exact) mass is 661 g/mol. The number of aromatic hydroxyl groups is 1. The molecule has 0 atom stereocenters. The van der Waals surface area contributed by atoms with Gasteiger partial charge >= 0.3 is 7.82 Å². The van der Waals surface area contributed by atoms with Gasteiger partial charge < -0.3 is 25.2 Å². The molecule has 6 N–H and O–H groups in total. The lowest BCUT2D eigenvalue weighted by Crippen LogP contribution is -2.56. The highest BCUT2D eigenvalue weighted by Crippen LogP contribution is 2.41. The number of anilines is 1. The number of imidazole rings is 1. The number of phenols is 1. The second kappa shape index (κ2) is 11.8. The largest absolute Gasteiger partial charge is 0.524 e. The number of fused-ring (bicyclic) bond motifs is 3. The number of alkyl halides is 1. The summed E-state index contributed by atoms with van der Waals surface area (Å²) in [5.41, 5.74) is 8.56. The minimum Gasteiger partial charge on any atom is -0.508 e. The van der Waals surface area contributed by atoms with E-state index in [-0.39, 0.29) is 35.1 Å². The van der Waals surface area contributed by atoms with Crippen LogP contribution in [0.2, 0.25) is 0 Å². The summed E-state index contributed by atoms with van der Waals surface area (Å²) in [4.78, 5) is 40.7. The molecule has 0 saturated carbocycles. The van der Waals surface area contributed by atoms with Crippen LogP contribution in [0.1, 0.15) is 64.4 Å². The molecule has 0 aliphatic carbocycles. The number of amides is 1. The van der Waals surface area contributed by atoms with Crippen molar-refractivity contribution in [2.24, 2.45) is 0 Å². The number of nitrogens with one attached hydrogen (secondary N) is 1. The smallest absolute Gasteiger partial charge is 0.508 e. The zero-order valence-electron chi connectivity index (χ0n) is 24.3. The number of aryl methyl sites for hydroxylation is 1. The zero-order chi connectivity index (χ0) is 31.0. The quantitative estimate of drug-likeness (QED) is 0.106. The Labute approximate surface area is 252 Å². The predicted molar refractivity (Wildman–Crippen MR) is 167 cm³/mol. The van der Waals surface area contributed by atoms with Crippen LogP contribution in [0.4, 0.5) is 5.82 Å². The molecular formula is C29H37BrN5O6P. The Morgan fingerprint density at radius 2 is 1.86 bits per heavy atom. The van der Waals surface area contributed by atoms with Gasteiger partial charge in [-0.05, 0) is 50.1 Å². The first-order valence-corrected chi connectivity index (χ1v) is 16.3. The number of hydrogen-bond acceptors (Lipinski definition) is 7. The lowest BCUT2D eigenvalue weighted by atomic mass is 9.69. The number of halogens is 1. The molecule has 0 radical (unpaired) electrons. The molecule has 0 saturated heterocycles. The van der Waals surface area contributed by atoms with Crippen LogP contribution in [0.15, 0.2) is 36.4 Å². The topological polar surface area (TPSA) is 173 Å². The Hall–Kier alpha value is -3.18. The second-order valence-electron chi connectivity index (χ2n) is 11.4. The summed E-state index contributed by atoms with van der Waals surface area (Å²) in [5.74, 6) is 0.734. The van der Waals surface area contributed by atoms with Crippen molar-refractivity contribution in [3.8, 4) is 11.5 Å². The van der Waals surface area contributed by atoms with Gasteiger partial charge in [0.05, 0.1) is 22.9 Å². The molecule has 2 aromatic carbocycles. The summed E-state index contributed by atoms with van der Waals surface area (Å²) in [6, 6.07) is 9.97. The molecule has 0 aliphatic heterocycles. The Balaban J connectivity index is 1.92. The van der Waals surface area contributed by atoms with E-state index in [0.717, 1.165) is 29.6 Å². The number of phosphoric acid groups is 1. The summed E-state index contributed by atoms with van der Waals surface area (Å²) in [5, 5.41) is 14.3. The third-order valence-electron chi connectivity index (χ3n) is 7.98. The molecule has 13 heteroatoms. The number of pyridine rings is 1. The van der Waals surface area contributed by atoms with Gasteiger partial charge in [0.25, 0.3) is 0 Å². The van der Waals surface area contributed by atoms with Gasteiger partial charge in [0.2, 0.25) is 5.91 Å². The van der Waals surface area contributed by atoms with E-state index in [2.05, 4.69) is 42.0 Å². The molecule has 4 aromatic rings. The number of phenolic OH excluding ortho intramolecular Hbond substituents is 1. The van der Waals surface area contributed by atoms with Gasteiger partial charge in [0, 0.05) is 28.3 Å². The fourth-order valence-corrected chi connectivity index (χ4v) is 5.59. The minimum atomic E-state index is -4.86. The maximum atomic E-state index is 12.2. The van der Waals surface area contributed by atoms with E-state index in [1.165, 1.54) is 18.2 Å². The molecular weight excluding hydrogens is 625 g/mol. The zero-order valence-corrected chi connectivity index (χ0v) is 26.8. The van der Waals surface area contributed by atoms with E-state index in [4.69, 9.17) is 20.2 Å². The molecule has 4 rings (SSSR count). The van der Waals surface area contributed by atoms with Gasteiger partial charge in [-0.1, -0.05) is 55.3 Å². The highest BCUT2D eigenvalue weighted by atomic mass is 79.9. The van der Waals surface area contributed by atoms with Gasteiger partial charge in [0.15, 0.2) is 5.82 Å². The van der Waals surface area contributed by atoms with Crippen molar-refractivity contribution < 1.29 is 28.8 Å². The summed E-state index contributed by atoms with van der Waals surface area (Å²) in [6.45, 7) is 10.3. The Kier molecular flexibility index (Phi) is 8.95. The molecule has 2 heterocycles. The highest BCUT2D eigenvalue weighted by Gasteiger charge is 2.39. The summed E-state index contributed by atoms with van der Waals surface area (Å²) < 4.78 is 18.6. The maximum Gasteiger partial charge on any atom is 0.524 e. The number of carbonyl (C=O) groups is 1. The minimum absolute atomic E-state index is 0.0486. The normalized spacial score (nSPS) is 12.7. The van der Waals surface area contributed by atoms with Crippen molar-refractivity contribution in [2.75, 3.05) is 11.1 Å². The van der Waals surface area contributed by atoms with E-state index in [0.29, 0.717) is 28.5 Å². The lowest BCUT2D eigenvalue weighted by Gasteiger charge is -2.42. The molecule has 0 spiro atoms. The van der Waals surface area contributed by atoms with E-state index in [9.17, 15) is 24.3 Å². The van der Waals surface area contributed by atoms with Crippen molar-refractivity contribution in [2.45, 2.75) is 71.4 Å². The number of benzene rings is 2. The summed E-state index contributed by atoms with van der Waals surface area (Å²) >= 11 is 3.22. The van der Waals surface area contributed by atoms with Crippen molar-refractivity contribution in [3.05, 3.63) is 53.3 Å². The van der Waals surface area contributed by atoms with Crippen LogP contribution < -0.4 is 15.6 Å². The standard InChI is InChI=1S/C29H37BrN5O6P/c1-6-7-8-23-33-25-26(35(23)16-17-13-19(36)10-12-22(17)41-42(38,39)40)20-11-9-18(14-21(20)32-27(25)31)28(2,3)29(4,5)34-24(37)15-30/h9-14,36H,6-8,15-16H2,1-5H3,(H2,31,32)(H,34,37)(H2,38,39,40). The third-order valence-corrected chi connectivity index (χ3v) is 8.93. The molecule has 0 aliphatic rings. The first-order valence-electron chi connectivity index (χ1n) is 13.6. The van der Waals surface area contributed by atoms with E-state index in [1.54, 1.807) is 0 Å². The number of nitrogens with two attached hydrogens (primary N) is 1. The first kappa shape index (κ1) is 31.7. The number of hydrogen-bond donors (Lipinski definition) is 5. The van der Waals surface area contributed by atoms with Gasteiger partial charge in [-0.2, -0.15) is 0 Å². The fraction of sp³-hybridized carbons (Fsp3) is 0.414. The fourth-order valence-electron chi connectivity index (χ4n) is 5.02. The molecule has 0 fully saturated rings. The Morgan fingerprint density at radius 3 is 2.50 bits per heavy atom. The average molecular weight is 663 g/mol. The van der Waals surface area contributed by atoms with E-state index < -0.39 is 18.8 Å². The van der Waals surface area contributed by atoms with Crippen LogP contribution in [-0.4, -0.2) is 46.2 Å². The number of unbranched alkanes of at least 4 members (excludes halogenated alkanes) is 1. The number of nitrogens with zero attached hydrogens (tertiary/aromatic N) is 3. The number of rotatable bonds is 11. The Morgan fingerprint density at radius 1 is 1.14 bits per heavy atom. The van der Waals surface area contributed by atoms with Crippen molar-refractivity contribution in [1.29, 1.82) is 0 Å². The molecule has 1 amide bonds. The van der Waals surface area contributed by atoms with Gasteiger partial charge in [-0.25, -0.2) is 14.5 Å². The number of carbonyl (C=O) groups excluding carboxylic acids is 1. The number of aromatic nitrogens is 3. The molecule has 42 heavy (non-hydrogen) atoms. The first-order chi connectivity index (χ1) is 19.6. The van der Waals surface area contributed by atoms with Crippen LogP contribution >= 0.6 is 23.8 Å². The van der Waals surface area contributed by atoms with Gasteiger partial charge in [-0.15, -0.1) is 0 Å². The van der Waals surface area contributed by atoms with E-state index in [1.807, 2.05) is 36.6 Å². The second-order valence-corrected chi connectivity index (χ2v) is 13.2. The number of nitrogen functional groups attached to an aromatic ring is 1. The van der Waals surface area contributed by atoms with Crippen LogP contribution in [0.5, 0.6) is 11.5 Å². The van der Waals surface area contributed by atoms with E-state index >= 15 is 0 Å². The summed E-state index contributed by atoms with van der Waals surface area (Å²) in [6.07, 6.45) is 2.41. The van der Waals surface area contributed by atoms with Crippen LogP contribution in [-0.2, 0) is 27.7 Å². The Bertz CT molecular complexity index is 1700. The van der Waals surface area contributed by atoms with Crippen LogP contribution in [0.3, 0.4) is 0 Å². The molecule has 0 unspecified atom stereocenters. The van der Waals surface area contributed by atoms with Crippen molar-refractivity contribution in [3.63, 3.8) is 0 Å². The number of phosphoric ester groups is 1. The van der Waals surface area contributed by atoms with Crippen LogP contribution in [0, 0.1) is 0 Å². The maximum absolute atomic E-state index is 12.2. The lowest BCUT2D eigenvalue weighted by molar-refractivity contribution is -0.120. The predicted octanol–water partition coefficient (Wildman–Crippen LogP) is 5.30. The van der Waals surface area contributed by atoms with Gasteiger partial charge in [-0.3, -0.25) is 14.6 Å². The SMILES string of the molecule is CCCCc1nc2c(N)nc3cc(C(C)(C)C(C)(C)NC(=O)CBr)ccc3c2n1Cc1cc(O)ccc1OP(=O)(O)O. The summed E-state index contributed by atoms with van der Waals surface area (Å²) in [7, 11) is -4.86. The average Bonchev–Trinajstić information content (AvgIpc) is 3.26. The molecule has 2 aromatic heterocycles. The van der Waals surface area contributed by atoms with Crippen molar-refractivity contribution in [1.82, 2.24) is 19.9 Å². The third kappa shape index (κ3) is 6.41. The van der Waals surface area contributed by atoms with Gasteiger partial charge in [0.1, 0.15) is 22.8 Å². The molecule has 0 bridgehead atoms. The molecule has 11 nitrogen and oxygen atoms in total. The van der Waals surface area contributed by atoms with Crippen molar-refractivity contribution >= 4 is 57.4 Å². The molecule has 226 valence electrons. The van der Waals surface area contributed by atoms with Crippen LogP contribution in [0.25, 0.3) is 21.9 Å².